The smallest absolute Gasteiger partial charge is 0.274 e. The van der Waals surface area contributed by atoms with Gasteiger partial charge in [0.25, 0.3) is 5.91 Å². The molecule has 1 amide bonds. The van der Waals surface area contributed by atoms with Crippen molar-refractivity contribution in [2.24, 2.45) is 0 Å². The predicted octanol–water partition coefficient (Wildman–Crippen LogP) is 2.64. The number of rotatable bonds is 6. The van der Waals surface area contributed by atoms with Crippen molar-refractivity contribution < 1.29 is 4.79 Å². The lowest BCUT2D eigenvalue weighted by Crippen LogP contribution is -2.31. The fourth-order valence-electron chi connectivity index (χ4n) is 2.82. The largest absolute Gasteiger partial charge is 0.342 e. The number of benzene rings is 2. The lowest BCUT2D eigenvalue weighted by Gasteiger charge is -2.18. The third-order valence-corrected chi connectivity index (χ3v) is 4.18. The van der Waals surface area contributed by atoms with E-state index in [1.807, 2.05) is 72.9 Å². The number of amides is 1. The van der Waals surface area contributed by atoms with Gasteiger partial charge in [-0.1, -0.05) is 53.7 Å². The lowest BCUT2D eigenvalue weighted by molar-refractivity contribution is 0.0926. The molecule has 4 aromatic rings. The average Bonchev–Trinajstić information content (AvgIpc) is 3.41. The Kier molecular flexibility index (Phi) is 4.74. The minimum Gasteiger partial charge on any atom is -0.342 e. The Hall–Kier alpha value is -3.74. The molecule has 2 heterocycles. The highest BCUT2D eigenvalue weighted by molar-refractivity contribution is 5.92. The van der Waals surface area contributed by atoms with Crippen molar-refractivity contribution in [3.05, 3.63) is 96.6 Å². The van der Waals surface area contributed by atoms with Gasteiger partial charge in [0.05, 0.1) is 24.5 Å². The summed E-state index contributed by atoms with van der Waals surface area (Å²) in [4.78, 5) is 12.7. The summed E-state index contributed by atoms with van der Waals surface area (Å²) in [5.74, 6) is -0.279. The zero-order valence-electron chi connectivity index (χ0n) is 14.5. The molecule has 2 aromatic heterocycles. The summed E-state index contributed by atoms with van der Waals surface area (Å²) in [7, 11) is 0. The van der Waals surface area contributed by atoms with E-state index in [0.717, 1.165) is 11.3 Å². The van der Waals surface area contributed by atoms with E-state index < -0.39 is 0 Å². The Morgan fingerprint density at radius 2 is 1.74 bits per heavy atom. The molecule has 0 aliphatic carbocycles. The summed E-state index contributed by atoms with van der Waals surface area (Å²) in [6.07, 6.45) is 5.21. The van der Waals surface area contributed by atoms with Gasteiger partial charge in [-0.2, -0.15) is 5.10 Å². The van der Waals surface area contributed by atoms with Gasteiger partial charge >= 0.3 is 0 Å². The molecule has 0 radical (unpaired) electrons. The van der Waals surface area contributed by atoms with Crippen LogP contribution >= 0.6 is 0 Å². The molecule has 0 aliphatic heterocycles. The summed E-state index contributed by atoms with van der Waals surface area (Å²) < 4.78 is 3.37. The number of hydrogen-bond acceptors (Lipinski definition) is 4. The van der Waals surface area contributed by atoms with E-state index in [4.69, 9.17) is 0 Å². The van der Waals surface area contributed by atoms with Crippen LogP contribution in [-0.2, 0) is 6.54 Å². The quantitative estimate of drug-likeness (QED) is 0.575. The van der Waals surface area contributed by atoms with Crippen LogP contribution in [0.3, 0.4) is 0 Å². The van der Waals surface area contributed by atoms with Gasteiger partial charge in [0.1, 0.15) is 0 Å². The first-order chi connectivity index (χ1) is 13.3. The van der Waals surface area contributed by atoms with Crippen LogP contribution in [0.15, 0.2) is 85.3 Å². The molecule has 0 saturated carbocycles. The van der Waals surface area contributed by atoms with E-state index in [-0.39, 0.29) is 17.6 Å². The molecule has 1 N–H and O–H groups in total. The van der Waals surface area contributed by atoms with Crippen molar-refractivity contribution in [2.75, 3.05) is 0 Å². The number of para-hydroxylation sites is 1. The Balaban J connectivity index is 1.54. The zero-order valence-corrected chi connectivity index (χ0v) is 14.5. The fourth-order valence-corrected chi connectivity index (χ4v) is 2.82. The third-order valence-electron chi connectivity index (χ3n) is 4.18. The predicted molar refractivity (Wildman–Crippen MR) is 100 cm³/mol. The maximum absolute atomic E-state index is 12.7. The van der Waals surface area contributed by atoms with Crippen LogP contribution in [0, 0.1) is 0 Å². The summed E-state index contributed by atoms with van der Waals surface area (Å²) in [5, 5.41) is 15.3. The van der Waals surface area contributed by atoms with Crippen LogP contribution in [0.25, 0.3) is 5.69 Å². The minimum absolute atomic E-state index is 0.236. The van der Waals surface area contributed by atoms with E-state index in [1.54, 1.807) is 21.8 Å². The third kappa shape index (κ3) is 3.92. The number of carbonyl (C=O) groups is 1. The van der Waals surface area contributed by atoms with Crippen LogP contribution < -0.4 is 5.32 Å². The maximum atomic E-state index is 12.7. The standard InChI is InChI=1S/C20H18N6O/c27-20(19-15-26(24-23-19)17-10-5-2-6-11-17)22-18(14-25-13-7-12-21-25)16-8-3-1-4-9-16/h1-13,15,18H,14H2,(H,22,27). The van der Waals surface area contributed by atoms with Gasteiger partial charge < -0.3 is 5.32 Å². The SMILES string of the molecule is O=C(NC(Cn1cccn1)c1ccccc1)c1cn(-c2ccccc2)nn1. The highest BCUT2D eigenvalue weighted by Gasteiger charge is 2.19. The van der Waals surface area contributed by atoms with Gasteiger partial charge in [0.15, 0.2) is 5.69 Å². The van der Waals surface area contributed by atoms with Crippen molar-refractivity contribution in [1.82, 2.24) is 30.1 Å². The zero-order chi connectivity index (χ0) is 18.5. The summed E-state index contributed by atoms with van der Waals surface area (Å²) in [6.45, 7) is 0.523. The second-order valence-corrected chi connectivity index (χ2v) is 6.05. The Morgan fingerprint density at radius 1 is 1.00 bits per heavy atom. The number of carbonyl (C=O) groups excluding carboxylic acids is 1. The Bertz CT molecular complexity index is 995. The lowest BCUT2D eigenvalue weighted by atomic mass is 10.1. The number of nitrogens with zero attached hydrogens (tertiary/aromatic N) is 5. The topological polar surface area (TPSA) is 77.6 Å². The summed E-state index contributed by atoms with van der Waals surface area (Å²) >= 11 is 0. The summed E-state index contributed by atoms with van der Waals surface area (Å²) in [5.41, 5.74) is 2.11. The molecule has 0 spiro atoms. The molecular weight excluding hydrogens is 340 g/mol. The highest BCUT2D eigenvalue weighted by atomic mass is 16.2. The van der Waals surface area contributed by atoms with Crippen molar-refractivity contribution >= 4 is 5.91 Å². The molecule has 4 rings (SSSR count). The van der Waals surface area contributed by atoms with Crippen LogP contribution in [0.4, 0.5) is 0 Å². The average molecular weight is 358 g/mol. The Labute approximate surface area is 156 Å². The van der Waals surface area contributed by atoms with Crippen LogP contribution in [-0.4, -0.2) is 30.7 Å². The molecule has 0 aliphatic rings. The molecule has 134 valence electrons. The van der Waals surface area contributed by atoms with Crippen molar-refractivity contribution in [3.8, 4) is 5.69 Å². The second-order valence-electron chi connectivity index (χ2n) is 6.05. The van der Waals surface area contributed by atoms with E-state index in [9.17, 15) is 4.79 Å². The first-order valence-electron chi connectivity index (χ1n) is 8.60. The van der Waals surface area contributed by atoms with Gasteiger partial charge in [0.2, 0.25) is 0 Å². The van der Waals surface area contributed by atoms with E-state index in [0.29, 0.717) is 6.54 Å². The van der Waals surface area contributed by atoms with Gasteiger partial charge in [-0.3, -0.25) is 9.48 Å². The van der Waals surface area contributed by atoms with Crippen LogP contribution in [0.2, 0.25) is 0 Å². The van der Waals surface area contributed by atoms with Crippen molar-refractivity contribution in [3.63, 3.8) is 0 Å². The van der Waals surface area contributed by atoms with Crippen molar-refractivity contribution in [2.45, 2.75) is 12.6 Å². The van der Waals surface area contributed by atoms with Gasteiger partial charge in [-0.25, -0.2) is 4.68 Å². The van der Waals surface area contributed by atoms with E-state index >= 15 is 0 Å². The van der Waals surface area contributed by atoms with Crippen LogP contribution in [0.5, 0.6) is 0 Å². The highest BCUT2D eigenvalue weighted by Crippen LogP contribution is 2.16. The fraction of sp³-hybridized carbons (Fsp3) is 0.100. The van der Waals surface area contributed by atoms with Crippen LogP contribution in [0.1, 0.15) is 22.1 Å². The number of nitrogens with one attached hydrogen (secondary N) is 1. The second kappa shape index (κ2) is 7.65. The first-order valence-corrected chi connectivity index (χ1v) is 8.60. The molecule has 2 aromatic carbocycles. The van der Waals surface area contributed by atoms with E-state index in [2.05, 4.69) is 20.7 Å². The maximum Gasteiger partial charge on any atom is 0.274 e. The van der Waals surface area contributed by atoms with E-state index in [1.165, 1.54) is 0 Å². The molecule has 0 fully saturated rings. The molecular formula is C20H18N6O. The monoisotopic (exact) mass is 358 g/mol. The number of hydrogen-bond donors (Lipinski definition) is 1. The number of aromatic nitrogens is 5. The molecule has 0 bridgehead atoms. The molecule has 0 saturated heterocycles. The molecule has 7 nitrogen and oxygen atoms in total. The van der Waals surface area contributed by atoms with Gasteiger partial charge in [0, 0.05) is 12.4 Å². The summed E-state index contributed by atoms with van der Waals surface area (Å²) in [6, 6.07) is 21.0. The molecule has 7 heteroatoms. The minimum atomic E-state index is -0.279. The molecule has 1 atom stereocenters. The van der Waals surface area contributed by atoms with Gasteiger partial charge in [-0.05, 0) is 23.8 Å². The van der Waals surface area contributed by atoms with Gasteiger partial charge in [-0.15, -0.1) is 5.10 Å². The first kappa shape index (κ1) is 16.7. The van der Waals surface area contributed by atoms with Crippen molar-refractivity contribution in [1.29, 1.82) is 0 Å². The normalized spacial score (nSPS) is 11.9. The molecule has 27 heavy (non-hydrogen) atoms. The molecule has 1 unspecified atom stereocenters. The Morgan fingerprint density at radius 3 is 2.44 bits per heavy atom.